The van der Waals surface area contributed by atoms with Crippen molar-refractivity contribution in [3.05, 3.63) is 52.6 Å². The molecule has 0 unspecified atom stereocenters. The largest absolute Gasteiger partial charge is 0.441 e. The Morgan fingerprint density at radius 3 is 2.85 bits per heavy atom. The van der Waals surface area contributed by atoms with Gasteiger partial charge in [0.25, 0.3) is 5.91 Å². The predicted octanol–water partition coefficient (Wildman–Crippen LogP) is 4.47. The molecule has 0 atom stereocenters. The number of piperidine rings is 1. The highest BCUT2D eigenvalue weighted by Crippen LogP contribution is 2.30. The first-order valence-corrected chi connectivity index (χ1v) is 9.70. The smallest absolute Gasteiger partial charge is 0.264 e. The van der Waals surface area contributed by atoms with E-state index in [1.54, 1.807) is 6.08 Å². The number of nitrogens with one attached hydrogen (secondary N) is 1. The van der Waals surface area contributed by atoms with Crippen LogP contribution >= 0.6 is 11.8 Å². The zero-order valence-corrected chi connectivity index (χ0v) is 15.5. The zero-order chi connectivity index (χ0) is 17.9. The third-order valence-electron chi connectivity index (χ3n) is 4.44. The molecule has 4 rings (SSSR count). The molecule has 2 aromatic rings. The van der Waals surface area contributed by atoms with Crippen LogP contribution < -0.4 is 10.2 Å². The second-order valence-corrected chi connectivity index (χ2v) is 7.58. The van der Waals surface area contributed by atoms with Crippen molar-refractivity contribution in [1.29, 1.82) is 0 Å². The minimum absolute atomic E-state index is 0.141. The van der Waals surface area contributed by atoms with E-state index in [-0.39, 0.29) is 5.91 Å². The number of hydrogen-bond acceptors (Lipinski definition) is 5. The van der Waals surface area contributed by atoms with E-state index in [1.807, 2.05) is 43.3 Å². The molecule has 2 aliphatic heterocycles. The molecule has 1 aromatic heterocycles. The first-order valence-electron chi connectivity index (χ1n) is 8.88. The molecular weight excluding hydrogens is 346 g/mol. The molecule has 2 aliphatic rings. The number of benzene rings is 1. The average Bonchev–Trinajstić information content (AvgIpc) is 3.23. The minimum atomic E-state index is -0.141. The second-order valence-electron chi connectivity index (χ2n) is 6.54. The average molecular weight is 367 g/mol. The first kappa shape index (κ1) is 17.0. The van der Waals surface area contributed by atoms with E-state index in [0.29, 0.717) is 15.8 Å². The van der Waals surface area contributed by atoms with Gasteiger partial charge in [0, 0.05) is 25.2 Å². The van der Waals surface area contributed by atoms with Gasteiger partial charge in [0.15, 0.2) is 11.1 Å². The summed E-state index contributed by atoms with van der Waals surface area (Å²) in [6.07, 6.45) is 5.47. The lowest BCUT2D eigenvalue weighted by atomic mass is 10.1. The van der Waals surface area contributed by atoms with Crippen molar-refractivity contribution >= 4 is 40.5 Å². The number of thioether (sulfide) groups is 1. The highest BCUT2D eigenvalue weighted by atomic mass is 32.2. The van der Waals surface area contributed by atoms with Crippen LogP contribution in [0.3, 0.4) is 0 Å². The van der Waals surface area contributed by atoms with E-state index in [4.69, 9.17) is 4.42 Å². The molecule has 3 heterocycles. The minimum Gasteiger partial charge on any atom is -0.441 e. The zero-order valence-electron chi connectivity index (χ0n) is 14.7. The van der Waals surface area contributed by atoms with Crippen LogP contribution in [0.2, 0.25) is 0 Å². The van der Waals surface area contributed by atoms with Crippen molar-refractivity contribution < 1.29 is 9.21 Å². The summed E-state index contributed by atoms with van der Waals surface area (Å²) in [5.41, 5.74) is 1.97. The summed E-state index contributed by atoms with van der Waals surface area (Å²) in [7, 11) is 0. The van der Waals surface area contributed by atoms with Crippen LogP contribution in [0.25, 0.3) is 6.08 Å². The first-order chi connectivity index (χ1) is 12.7. The Morgan fingerprint density at radius 1 is 1.19 bits per heavy atom. The molecule has 1 amide bonds. The molecule has 2 saturated heterocycles. The fourth-order valence-corrected chi connectivity index (χ4v) is 3.95. The Hall–Kier alpha value is -2.47. The van der Waals surface area contributed by atoms with Gasteiger partial charge in [-0.25, -0.2) is 4.99 Å². The lowest BCUT2D eigenvalue weighted by Crippen LogP contribution is -2.28. The van der Waals surface area contributed by atoms with Crippen LogP contribution in [0, 0.1) is 6.92 Å². The third-order valence-corrected chi connectivity index (χ3v) is 5.35. The number of carbonyl (C=O) groups is 1. The normalized spacial score (nSPS) is 20.8. The molecule has 134 valence electrons. The van der Waals surface area contributed by atoms with Crippen molar-refractivity contribution in [1.82, 2.24) is 5.32 Å². The third kappa shape index (κ3) is 3.85. The number of aliphatic imine (C=N–C) groups is 1. The van der Waals surface area contributed by atoms with Crippen LogP contribution in [0.4, 0.5) is 11.6 Å². The summed E-state index contributed by atoms with van der Waals surface area (Å²) < 4.78 is 5.92. The second kappa shape index (κ2) is 7.41. The van der Waals surface area contributed by atoms with Gasteiger partial charge in [0.1, 0.15) is 5.76 Å². The SMILES string of the molecule is Cc1cccc(N=C2NC(=O)/C(=C/c3ccc(N4CCCCC4)o3)S2)c1. The van der Waals surface area contributed by atoms with Crippen molar-refractivity contribution in [2.24, 2.45) is 4.99 Å². The molecule has 6 heteroatoms. The lowest BCUT2D eigenvalue weighted by molar-refractivity contribution is -0.115. The van der Waals surface area contributed by atoms with Gasteiger partial charge in [-0.2, -0.15) is 0 Å². The quantitative estimate of drug-likeness (QED) is 0.813. The number of amidine groups is 1. The molecule has 2 fully saturated rings. The maximum atomic E-state index is 12.2. The van der Waals surface area contributed by atoms with E-state index >= 15 is 0 Å². The molecule has 0 radical (unpaired) electrons. The molecule has 0 spiro atoms. The summed E-state index contributed by atoms with van der Waals surface area (Å²) >= 11 is 1.34. The number of nitrogens with zero attached hydrogens (tertiary/aromatic N) is 2. The molecular formula is C20H21N3O2S. The number of anilines is 1. The van der Waals surface area contributed by atoms with Gasteiger partial charge in [-0.15, -0.1) is 0 Å². The molecule has 1 N–H and O–H groups in total. The Kier molecular flexibility index (Phi) is 4.84. The Balaban J connectivity index is 1.49. The van der Waals surface area contributed by atoms with Gasteiger partial charge in [0.2, 0.25) is 0 Å². The summed E-state index contributed by atoms with van der Waals surface area (Å²) in [5.74, 6) is 1.44. The highest BCUT2D eigenvalue weighted by Gasteiger charge is 2.24. The lowest BCUT2D eigenvalue weighted by Gasteiger charge is -2.25. The molecule has 0 aliphatic carbocycles. The van der Waals surface area contributed by atoms with Gasteiger partial charge in [-0.1, -0.05) is 12.1 Å². The molecule has 5 nitrogen and oxygen atoms in total. The Morgan fingerprint density at radius 2 is 2.04 bits per heavy atom. The topological polar surface area (TPSA) is 57.8 Å². The molecule has 26 heavy (non-hydrogen) atoms. The molecule has 0 saturated carbocycles. The van der Waals surface area contributed by atoms with E-state index in [9.17, 15) is 4.79 Å². The van der Waals surface area contributed by atoms with E-state index in [2.05, 4.69) is 15.2 Å². The van der Waals surface area contributed by atoms with Crippen molar-refractivity contribution in [3.8, 4) is 0 Å². The van der Waals surface area contributed by atoms with Crippen LogP contribution in [0.15, 0.2) is 50.7 Å². The fourth-order valence-electron chi connectivity index (χ4n) is 3.13. The van der Waals surface area contributed by atoms with Gasteiger partial charge < -0.3 is 14.6 Å². The Bertz CT molecular complexity index is 879. The maximum Gasteiger partial charge on any atom is 0.264 e. The number of carbonyl (C=O) groups excluding carboxylic acids is 1. The monoisotopic (exact) mass is 367 g/mol. The Labute approximate surface area is 157 Å². The number of rotatable bonds is 3. The number of hydrogen-bond donors (Lipinski definition) is 1. The summed E-state index contributed by atoms with van der Waals surface area (Å²) in [4.78, 5) is 19.6. The standard InChI is InChI=1S/C20H21N3O2S/c1-14-6-5-7-15(12-14)21-20-22-19(24)17(26-20)13-16-8-9-18(25-16)23-10-3-2-4-11-23/h5-9,12-13H,2-4,10-11H2,1H3,(H,21,22,24)/b17-13-. The van der Waals surface area contributed by atoms with Crippen molar-refractivity contribution in [3.63, 3.8) is 0 Å². The summed E-state index contributed by atoms with van der Waals surface area (Å²) in [5, 5.41) is 3.41. The van der Waals surface area contributed by atoms with Gasteiger partial charge in [-0.05, 0) is 61.7 Å². The van der Waals surface area contributed by atoms with Gasteiger partial charge in [-0.3, -0.25) is 4.79 Å². The van der Waals surface area contributed by atoms with Crippen LogP contribution in [0.5, 0.6) is 0 Å². The fraction of sp³-hybridized carbons (Fsp3) is 0.300. The number of furan rings is 1. The molecule has 0 bridgehead atoms. The summed E-state index contributed by atoms with van der Waals surface area (Å²) in [6, 6.07) is 11.8. The van der Waals surface area contributed by atoms with Crippen molar-refractivity contribution in [2.45, 2.75) is 26.2 Å². The van der Waals surface area contributed by atoms with Crippen LogP contribution in [-0.4, -0.2) is 24.2 Å². The maximum absolute atomic E-state index is 12.2. The van der Waals surface area contributed by atoms with E-state index in [0.717, 1.165) is 30.2 Å². The van der Waals surface area contributed by atoms with E-state index in [1.165, 1.54) is 31.0 Å². The van der Waals surface area contributed by atoms with Gasteiger partial charge in [0.05, 0.1) is 10.6 Å². The van der Waals surface area contributed by atoms with Crippen molar-refractivity contribution in [2.75, 3.05) is 18.0 Å². The molecule has 1 aromatic carbocycles. The highest BCUT2D eigenvalue weighted by molar-refractivity contribution is 8.18. The predicted molar refractivity (Wildman–Crippen MR) is 107 cm³/mol. The van der Waals surface area contributed by atoms with Gasteiger partial charge >= 0.3 is 0 Å². The summed E-state index contributed by atoms with van der Waals surface area (Å²) in [6.45, 7) is 4.09. The van der Waals surface area contributed by atoms with Crippen LogP contribution in [0.1, 0.15) is 30.6 Å². The van der Waals surface area contributed by atoms with Crippen LogP contribution in [-0.2, 0) is 4.79 Å². The number of amides is 1. The number of aryl methyl sites for hydroxylation is 1. The van der Waals surface area contributed by atoms with E-state index < -0.39 is 0 Å².